The van der Waals surface area contributed by atoms with Gasteiger partial charge in [0.2, 0.25) is 0 Å². The number of hydrogen-bond acceptors (Lipinski definition) is 3. The van der Waals surface area contributed by atoms with Crippen molar-refractivity contribution >= 4 is 17.5 Å². The molecule has 0 aromatic heterocycles. The van der Waals surface area contributed by atoms with Gasteiger partial charge in [-0.25, -0.2) is 0 Å². The molecule has 0 saturated heterocycles. The molecule has 100 valence electrons. The SMILES string of the molecule is CCNC(=O)C(C)Oc1ccc(Cl)cc1CCN. The van der Waals surface area contributed by atoms with Crippen LogP contribution in [0.4, 0.5) is 0 Å². The Morgan fingerprint density at radius 3 is 2.89 bits per heavy atom. The number of carbonyl (C=O) groups is 1. The molecule has 0 aliphatic rings. The first-order chi connectivity index (χ1) is 8.58. The van der Waals surface area contributed by atoms with Gasteiger partial charge < -0.3 is 15.8 Å². The summed E-state index contributed by atoms with van der Waals surface area (Å²) in [6, 6.07) is 5.32. The van der Waals surface area contributed by atoms with Gasteiger partial charge in [-0.05, 0) is 50.6 Å². The molecule has 0 bridgehead atoms. The van der Waals surface area contributed by atoms with Crippen molar-refractivity contribution in [3.63, 3.8) is 0 Å². The zero-order chi connectivity index (χ0) is 13.5. The summed E-state index contributed by atoms with van der Waals surface area (Å²) in [6.07, 6.45) is 0.125. The molecule has 1 rings (SSSR count). The fourth-order valence-corrected chi connectivity index (χ4v) is 1.77. The first-order valence-electron chi connectivity index (χ1n) is 6.01. The molecule has 3 N–H and O–H groups in total. The number of nitrogens with two attached hydrogens (primary N) is 1. The molecular weight excluding hydrogens is 252 g/mol. The van der Waals surface area contributed by atoms with Gasteiger partial charge in [0.05, 0.1) is 0 Å². The maximum Gasteiger partial charge on any atom is 0.260 e. The average molecular weight is 271 g/mol. The Morgan fingerprint density at radius 2 is 2.28 bits per heavy atom. The lowest BCUT2D eigenvalue weighted by molar-refractivity contribution is -0.127. The predicted octanol–water partition coefficient (Wildman–Crippen LogP) is 1.74. The van der Waals surface area contributed by atoms with Crippen molar-refractivity contribution in [3.05, 3.63) is 28.8 Å². The number of halogens is 1. The van der Waals surface area contributed by atoms with Crippen molar-refractivity contribution in [1.29, 1.82) is 0 Å². The Morgan fingerprint density at radius 1 is 1.56 bits per heavy atom. The second-order valence-electron chi connectivity index (χ2n) is 3.95. The van der Waals surface area contributed by atoms with E-state index in [0.29, 0.717) is 30.3 Å². The summed E-state index contributed by atoms with van der Waals surface area (Å²) in [7, 11) is 0. The van der Waals surface area contributed by atoms with Gasteiger partial charge in [-0.15, -0.1) is 0 Å². The molecule has 0 aliphatic carbocycles. The minimum absolute atomic E-state index is 0.133. The van der Waals surface area contributed by atoms with E-state index >= 15 is 0 Å². The lowest BCUT2D eigenvalue weighted by Crippen LogP contribution is -2.36. The number of hydrogen-bond donors (Lipinski definition) is 2. The zero-order valence-corrected chi connectivity index (χ0v) is 11.5. The maximum absolute atomic E-state index is 11.6. The molecule has 0 heterocycles. The maximum atomic E-state index is 11.6. The lowest BCUT2D eigenvalue weighted by Gasteiger charge is -2.17. The molecule has 0 fully saturated rings. The van der Waals surface area contributed by atoms with E-state index in [1.165, 1.54) is 0 Å². The zero-order valence-electron chi connectivity index (χ0n) is 10.7. The van der Waals surface area contributed by atoms with Crippen molar-refractivity contribution in [1.82, 2.24) is 5.32 Å². The molecular formula is C13H19ClN2O2. The number of benzene rings is 1. The van der Waals surface area contributed by atoms with E-state index in [-0.39, 0.29) is 5.91 Å². The second-order valence-corrected chi connectivity index (χ2v) is 4.38. The van der Waals surface area contributed by atoms with Crippen LogP contribution in [-0.2, 0) is 11.2 Å². The fraction of sp³-hybridized carbons (Fsp3) is 0.462. The van der Waals surface area contributed by atoms with E-state index in [4.69, 9.17) is 22.1 Å². The molecule has 1 aromatic carbocycles. The third-order valence-electron chi connectivity index (χ3n) is 2.46. The smallest absolute Gasteiger partial charge is 0.260 e. The van der Waals surface area contributed by atoms with E-state index in [9.17, 15) is 4.79 Å². The highest BCUT2D eigenvalue weighted by Gasteiger charge is 2.15. The normalized spacial score (nSPS) is 12.0. The number of rotatable bonds is 6. The summed E-state index contributed by atoms with van der Waals surface area (Å²) in [5.41, 5.74) is 6.46. The van der Waals surface area contributed by atoms with Crippen molar-refractivity contribution in [3.8, 4) is 5.75 Å². The minimum Gasteiger partial charge on any atom is -0.481 e. The number of likely N-dealkylation sites (N-methyl/N-ethyl adjacent to an activating group) is 1. The van der Waals surface area contributed by atoms with Crippen LogP contribution in [0.5, 0.6) is 5.75 Å². The van der Waals surface area contributed by atoms with Crippen LogP contribution in [0.25, 0.3) is 0 Å². The van der Waals surface area contributed by atoms with Gasteiger partial charge in [-0.1, -0.05) is 11.6 Å². The van der Waals surface area contributed by atoms with Crippen LogP contribution in [0.1, 0.15) is 19.4 Å². The van der Waals surface area contributed by atoms with Crippen LogP contribution < -0.4 is 15.8 Å². The van der Waals surface area contributed by atoms with Crippen LogP contribution >= 0.6 is 11.6 Å². The molecule has 1 unspecified atom stereocenters. The van der Waals surface area contributed by atoms with Gasteiger partial charge in [-0.2, -0.15) is 0 Å². The van der Waals surface area contributed by atoms with Gasteiger partial charge >= 0.3 is 0 Å². The third-order valence-corrected chi connectivity index (χ3v) is 2.70. The van der Waals surface area contributed by atoms with Gasteiger partial charge in [0, 0.05) is 11.6 Å². The molecule has 1 atom stereocenters. The minimum atomic E-state index is -0.539. The highest BCUT2D eigenvalue weighted by molar-refractivity contribution is 6.30. The van der Waals surface area contributed by atoms with E-state index in [1.807, 2.05) is 13.0 Å². The predicted molar refractivity (Wildman–Crippen MR) is 73.0 cm³/mol. The summed E-state index contributed by atoms with van der Waals surface area (Å²) in [5, 5.41) is 3.35. The third kappa shape index (κ3) is 4.20. The van der Waals surface area contributed by atoms with Crippen LogP contribution in [0.3, 0.4) is 0 Å². The van der Waals surface area contributed by atoms with Gasteiger partial charge in [0.1, 0.15) is 5.75 Å². The molecule has 18 heavy (non-hydrogen) atoms. The standard InChI is InChI=1S/C13H19ClN2O2/c1-3-16-13(17)9(2)18-12-5-4-11(14)8-10(12)6-7-15/h4-5,8-9H,3,6-7,15H2,1-2H3,(H,16,17). The van der Waals surface area contributed by atoms with Crippen LogP contribution in [0, 0.1) is 0 Å². The first-order valence-corrected chi connectivity index (χ1v) is 6.39. The van der Waals surface area contributed by atoms with E-state index < -0.39 is 6.10 Å². The summed E-state index contributed by atoms with van der Waals surface area (Å²) in [6.45, 7) is 4.67. The average Bonchev–Trinajstić information content (AvgIpc) is 2.33. The molecule has 4 nitrogen and oxygen atoms in total. The summed E-state index contributed by atoms with van der Waals surface area (Å²) in [5.74, 6) is 0.523. The highest BCUT2D eigenvalue weighted by Crippen LogP contribution is 2.24. The fourth-order valence-electron chi connectivity index (χ4n) is 1.58. The van der Waals surface area contributed by atoms with Crippen LogP contribution in [0.2, 0.25) is 5.02 Å². The first kappa shape index (κ1) is 14.8. The summed E-state index contributed by atoms with van der Waals surface area (Å²) < 4.78 is 5.64. The molecule has 0 radical (unpaired) electrons. The Hall–Kier alpha value is -1.26. The molecule has 0 aliphatic heterocycles. The number of nitrogens with one attached hydrogen (secondary N) is 1. The summed E-state index contributed by atoms with van der Waals surface area (Å²) in [4.78, 5) is 11.6. The Balaban J connectivity index is 2.79. The van der Waals surface area contributed by atoms with Crippen molar-refractivity contribution in [2.75, 3.05) is 13.1 Å². The number of ether oxygens (including phenoxy) is 1. The topological polar surface area (TPSA) is 64.3 Å². The highest BCUT2D eigenvalue weighted by atomic mass is 35.5. The van der Waals surface area contributed by atoms with Crippen LogP contribution in [0.15, 0.2) is 18.2 Å². The Labute approximate surface area is 112 Å². The van der Waals surface area contributed by atoms with Crippen molar-refractivity contribution < 1.29 is 9.53 Å². The van der Waals surface area contributed by atoms with Crippen molar-refractivity contribution in [2.45, 2.75) is 26.4 Å². The van der Waals surface area contributed by atoms with Crippen molar-refractivity contribution in [2.24, 2.45) is 5.73 Å². The number of carbonyl (C=O) groups excluding carboxylic acids is 1. The molecule has 1 aromatic rings. The molecule has 0 spiro atoms. The number of amides is 1. The lowest BCUT2D eigenvalue weighted by atomic mass is 10.1. The van der Waals surface area contributed by atoms with Crippen LogP contribution in [-0.4, -0.2) is 25.1 Å². The quantitative estimate of drug-likeness (QED) is 0.828. The summed E-state index contributed by atoms with van der Waals surface area (Å²) >= 11 is 5.93. The van der Waals surface area contributed by atoms with E-state index in [0.717, 1.165) is 5.56 Å². The van der Waals surface area contributed by atoms with Gasteiger partial charge in [0.25, 0.3) is 5.91 Å². The Kier molecular flexibility index (Phi) is 5.95. The monoisotopic (exact) mass is 270 g/mol. The molecule has 5 heteroatoms. The van der Waals surface area contributed by atoms with Gasteiger partial charge in [0.15, 0.2) is 6.10 Å². The molecule has 0 saturated carbocycles. The Bertz CT molecular complexity index is 410. The largest absolute Gasteiger partial charge is 0.481 e. The van der Waals surface area contributed by atoms with Gasteiger partial charge in [-0.3, -0.25) is 4.79 Å². The second kappa shape index (κ2) is 7.24. The molecule has 1 amide bonds. The van der Waals surface area contributed by atoms with E-state index in [2.05, 4.69) is 5.32 Å². The van der Waals surface area contributed by atoms with E-state index in [1.54, 1.807) is 19.1 Å².